The molecule has 0 amide bonds. The summed E-state index contributed by atoms with van der Waals surface area (Å²) < 4.78 is 9.79. The van der Waals surface area contributed by atoms with Crippen molar-refractivity contribution < 1.29 is 15.7 Å². The van der Waals surface area contributed by atoms with Gasteiger partial charge in [0.2, 0.25) is 0 Å². The second-order valence-electron chi connectivity index (χ2n) is 2.63. The van der Waals surface area contributed by atoms with Crippen LogP contribution in [0.5, 0.6) is 0 Å². The molecule has 66 valence electrons. The molecule has 0 spiro atoms. The second kappa shape index (κ2) is 3.69. The van der Waals surface area contributed by atoms with Crippen LogP contribution in [-0.4, -0.2) is 38.4 Å². The minimum atomic E-state index is -0.281. The van der Waals surface area contributed by atoms with Gasteiger partial charge in [0.25, 0.3) is 0 Å². The standard InChI is InChI=1S/C7H13NO3.H2/c1-5-3-8-6(4-11-5)7(9)10-2;/h5-6,8H,3-4H2,1-2H3;1H. The Balaban J connectivity index is 0.00000121. The third-order valence-electron chi connectivity index (χ3n) is 1.68. The third-order valence-corrected chi connectivity index (χ3v) is 1.68. The number of nitrogens with one attached hydrogen (secondary N) is 1. The van der Waals surface area contributed by atoms with E-state index in [1.54, 1.807) is 0 Å². The van der Waals surface area contributed by atoms with Crippen LogP contribution in [0.2, 0.25) is 0 Å². The van der Waals surface area contributed by atoms with Crippen LogP contribution in [-0.2, 0) is 14.3 Å². The molecule has 11 heavy (non-hydrogen) atoms. The maximum absolute atomic E-state index is 10.9. The minimum absolute atomic E-state index is 0. The first-order valence-corrected chi connectivity index (χ1v) is 3.67. The number of carbonyl (C=O) groups excluding carboxylic acids is 1. The van der Waals surface area contributed by atoms with Crippen molar-refractivity contribution in [3.63, 3.8) is 0 Å². The topological polar surface area (TPSA) is 47.6 Å². The van der Waals surface area contributed by atoms with Gasteiger partial charge in [0.05, 0.1) is 19.8 Å². The molecule has 1 N–H and O–H groups in total. The van der Waals surface area contributed by atoms with E-state index in [1.165, 1.54) is 7.11 Å². The van der Waals surface area contributed by atoms with E-state index in [2.05, 4.69) is 10.1 Å². The molecule has 1 aliphatic heterocycles. The van der Waals surface area contributed by atoms with Crippen LogP contribution in [0.4, 0.5) is 0 Å². The highest BCUT2D eigenvalue weighted by molar-refractivity contribution is 5.75. The summed E-state index contributed by atoms with van der Waals surface area (Å²) in [6.45, 7) is 3.08. The lowest BCUT2D eigenvalue weighted by molar-refractivity contribution is -0.147. The molecular formula is C7H15NO3. The number of morpholine rings is 1. The van der Waals surface area contributed by atoms with Gasteiger partial charge in [-0.1, -0.05) is 0 Å². The number of carbonyl (C=O) groups is 1. The molecule has 2 unspecified atom stereocenters. The summed E-state index contributed by atoms with van der Waals surface area (Å²) in [4.78, 5) is 10.9. The van der Waals surface area contributed by atoms with E-state index in [4.69, 9.17) is 4.74 Å². The maximum atomic E-state index is 10.9. The molecule has 4 nitrogen and oxygen atoms in total. The molecule has 0 aromatic rings. The summed E-state index contributed by atoms with van der Waals surface area (Å²) >= 11 is 0. The van der Waals surface area contributed by atoms with Crippen molar-refractivity contribution in [3.8, 4) is 0 Å². The largest absolute Gasteiger partial charge is 0.468 e. The van der Waals surface area contributed by atoms with Crippen molar-refractivity contribution in [2.75, 3.05) is 20.3 Å². The molecule has 0 bridgehead atoms. The summed E-state index contributed by atoms with van der Waals surface area (Å²) in [5, 5.41) is 3.02. The molecule has 0 aromatic carbocycles. The lowest BCUT2D eigenvalue weighted by atomic mass is 10.2. The summed E-state index contributed by atoms with van der Waals surface area (Å²) in [6.07, 6.45) is 0.191. The minimum Gasteiger partial charge on any atom is -0.468 e. The Hall–Kier alpha value is -0.610. The van der Waals surface area contributed by atoms with Crippen LogP contribution < -0.4 is 5.32 Å². The van der Waals surface area contributed by atoms with Gasteiger partial charge in [0.1, 0.15) is 6.04 Å². The van der Waals surface area contributed by atoms with E-state index >= 15 is 0 Å². The molecule has 1 aliphatic rings. The van der Waals surface area contributed by atoms with Gasteiger partial charge in [-0.15, -0.1) is 0 Å². The Morgan fingerprint density at radius 1 is 1.82 bits per heavy atom. The Labute approximate surface area is 67.3 Å². The SMILES string of the molecule is COC(=O)C1COC(C)CN1.[HH]. The van der Waals surface area contributed by atoms with Gasteiger partial charge in [-0.25, -0.2) is 0 Å². The summed E-state index contributed by atoms with van der Waals surface area (Å²) in [6, 6.07) is -0.281. The number of ether oxygens (including phenoxy) is 2. The highest BCUT2D eigenvalue weighted by Crippen LogP contribution is 2.00. The third kappa shape index (κ3) is 2.17. The fourth-order valence-corrected chi connectivity index (χ4v) is 0.980. The zero-order valence-electron chi connectivity index (χ0n) is 6.79. The summed E-state index contributed by atoms with van der Waals surface area (Å²) in [5.41, 5.74) is 0. The number of methoxy groups -OCH3 is 1. The summed E-state index contributed by atoms with van der Waals surface area (Å²) in [5.74, 6) is -0.253. The first kappa shape index (κ1) is 8.49. The van der Waals surface area contributed by atoms with E-state index in [0.717, 1.165) is 0 Å². The van der Waals surface area contributed by atoms with Gasteiger partial charge < -0.3 is 9.47 Å². The average Bonchev–Trinajstić information content (AvgIpc) is 2.05. The molecule has 1 heterocycles. The second-order valence-corrected chi connectivity index (χ2v) is 2.63. The fraction of sp³-hybridized carbons (Fsp3) is 0.857. The normalized spacial score (nSPS) is 31.5. The zero-order chi connectivity index (χ0) is 8.27. The van der Waals surface area contributed by atoms with Crippen LogP contribution >= 0.6 is 0 Å². The molecule has 0 aliphatic carbocycles. The van der Waals surface area contributed by atoms with E-state index in [0.29, 0.717) is 13.2 Å². The lowest BCUT2D eigenvalue weighted by Gasteiger charge is -2.26. The van der Waals surface area contributed by atoms with Crippen molar-refractivity contribution in [1.29, 1.82) is 0 Å². The van der Waals surface area contributed by atoms with Crippen molar-refractivity contribution >= 4 is 5.97 Å². The Kier molecular flexibility index (Phi) is 2.84. The first-order chi connectivity index (χ1) is 5.24. The van der Waals surface area contributed by atoms with Gasteiger partial charge in [-0.05, 0) is 6.92 Å². The van der Waals surface area contributed by atoms with Crippen molar-refractivity contribution in [2.24, 2.45) is 0 Å². The van der Waals surface area contributed by atoms with Crippen LogP contribution in [0, 0.1) is 0 Å². The van der Waals surface area contributed by atoms with E-state index in [-0.39, 0.29) is 19.5 Å². The van der Waals surface area contributed by atoms with Crippen molar-refractivity contribution in [3.05, 3.63) is 0 Å². The predicted octanol–water partition coefficient (Wildman–Crippen LogP) is -0.218. The molecule has 2 atom stereocenters. The van der Waals surface area contributed by atoms with Gasteiger partial charge >= 0.3 is 5.97 Å². The summed E-state index contributed by atoms with van der Waals surface area (Å²) in [7, 11) is 1.38. The van der Waals surface area contributed by atoms with Crippen LogP contribution in [0.1, 0.15) is 8.35 Å². The number of esters is 1. The monoisotopic (exact) mass is 161 g/mol. The molecular weight excluding hydrogens is 146 g/mol. The maximum Gasteiger partial charge on any atom is 0.325 e. The molecule has 1 saturated heterocycles. The lowest BCUT2D eigenvalue weighted by Crippen LogP contribution is -2.49. The molecule has 0 radical (unpaired) electrons. The molecule has 1 fully saturated rings. The van der Waals surface area contributed by atoms with Gasteiger partial charge in [-0.2, -0.15) is 0 Å². The van der Waals surface area contributed by atoms with Crippen molar-refractivity contribution in [2.45, 2.75) is 19.1 Å². The highest BCUT2D eigenvalue weighted by Gasteiger charge is 2.24. The van der Waals surface area contributed by atoms with Crippen LogP contribution in [0.3, 0.4) is 0 Å². The average molecular weight is 161 g/mol. The Bertz CT molecular complexity index is 146. The zero-order valence-corrected chi connectivity index (χ0v) is 6.79. The predicted molar refractivity (Wildman–Crippen MR) is 41.3 cm³/mol. The number of hydrogen-bond donors (Lipinski definition) is 1. The van der Waals surface area contributed by atoms with Gasteiger partial charge in [0, 0.05) is 7.97 Å². The van der Waals surface area contributed by atoms with E-state index < -0.39 is 0 Å². The van der Waals surface area contributed by atoms with Crippen molar-refractivity contribution in [1.82, 2.24) is 5.32 Å². The smallest absolute Gasteiger partial charge is 0.325 e. The van der Waals surface area contributed by atoms with Gasteiger partial charge in [0.15, 0.2) is 0 Å². The van der Waals surface area contributed by atoms with Gasteiger partial charge in [-0.3, -0.25) is 10.1 Å². The fourth-order valence-electron chi connectivity index (χ4n) is 0.980. The van der Waals surface area contributed by atoms with Crippen LogP contribution in [0.25, 0.3) is 0 Å². The molecule has 0 saturated carbocycles. The molecule has 1 rings (SSSR count). The molecule has 4 heteroatoms. The van der Waals surface area contributed by atoms with E-state index in [1.807, 2.05) is 6.92 Å². The quantitative estimate of drug-likeness (QED) is 0.540. The number of rotatable bonds is 1. The number of hydrogen-bond acceptors (Lipinski definition) is 4. The molecule has 0 aromatic heterocycles. The Morgan fingerprint density at radius 3 is 3.00 bits per heavy atom. The highest BCUT2D eigenvalue weighted by atomic mass is 16.5. The van der Waals surface area contributed by atoms with Crippen LogP contribution in [0.15, 0.2) is 0 Å². The Morgan fingerprint density at radius 2 is 2.55 bits per heavy atom. The van der Waals surface area contributed by atoms with E-state index in [9.17, 15) is 4.79 Å². The first-order valence-electron chi connectivity index (χ1n) is 3.67.